The first kappa shape index (κ1) is 48.0. The summed E-state index contributed by atoms with van der Waals surface area (Å²) in [4.78, 5) is 56.7. The zero-order valence-corrected chi connectivity index (χ0v) is 31.0. The maximum Gasteiger partial charge on any atom is 0.304 e. The number of pyridine rings is 2. The van der Waals surface area contributed by atoms with Crippen LogP contribution >= 0.6 is 24.8 Å². The first-order chi connectivity index (χ1) is 23.6. The van der Waals surface area contributed by atoms with Crippen molar-refractivity contribution in [2.75, 3.05) is 26.3 Å². The summed E-state index contributed by atoms with van der Waals surface area (Å²) in [6.07, 6.45) is -1.94. The Morgan fingerprint density at radius 3 is 1.60 bits per heavy atom. The third-order valence-corrected chi connectivity index (χ3v) is 7.16. The smallest absolute Gasteiger partial charge is 0.304 e. The van der Waals surface area contributed by atoms with Gasteiger partial charge in [-0.2, -0.15) is 9.13 Å². The number of nitrogens with one attached hydrogen (secondary N) is 1. The number of aliphatic hydroxyl groups excluding tert-OH is 3. The molecule has 0 radical (unpaired) electrons. The van der Waals surface area contributed by atoms with E-state index in [2.05, 4.69) is 19.2 Å². The van der Waals surface area contributed by atoms with E-state index in [4.69, 9.17) is 40.3 Å². The summed E-state index contributed by atoms with van der Waals surface area (Å²) in [5, 5.41) is 31.5. The van der Waals surface area contributed by atoms with Gasteiger partial charge in [-0.15, -0.1) is 24.8 Å². The van der Waals surface area contributed by atoms with Gasteiger partial charge in [-0.1, -0.05) is 13.8 Å². The molecule has 2 aliphatic heterocycles. The van der Waals surface area contributed by atoms with E-state index in [9.17, 15) is 34.2 Å². The van der Waals surface area contributed by atoms with E-state index in [1.165, 1.54) is 54.4 Å². The van der Waals surface area contributed by atoms with Gasteiger partial charge in [0.2, 0.25) is 6.10 Å². The van der Waals surface area contributed by atoms with Crippen LogP contribution in [-0.4, -0.2) is 108 Å². The van der Waals surface area contributed by atoms with Gasteiger partial charge in [0, 0.05) is 32.9 Å². The number of aromatic nitrogens is 2. The lowest BCUT2D eigenvalue weighted by Gasteiger charge is -2.21. The van der Waals surface area contributed by atoms with Crippen LogP contribution in [0.5, 0.6) is 0 Å². The van der Waals surface area contributed by atoms with Crippen LogP contribution < -0.4 is 25.9 Å². The van der Waals surface area contributed by atoms with Gasteiger partial charge in [0.25, 0.3) is 18.0 Å². The second-order valence-electron chi connectivity index (χ2n) is 11.0. The number of aliphatic hydroxyl groups is 3. The van der Waals surface area contributed by atoms with Gasteiger partial charge < -0.3 is 55.8 Å². The van der Waals surface area contributed by atoms with Crippen molar-refractivity contribution in [1.82, 2.24) is 5.32 Å². The summed E-state index contributed by atoms with van der Waals surface area (Å²) in [5.74, 6) is -3.04. The number of hydrogen-bond acceptors (Lipinski definition) is 14. The number of hydrogen-bond donors (Lipinski definition) is 6. The fourth-order valence-electron chi connectivity index (χ4n) is 4.90. The summed E-state index contributed by atoms with van der Waals surface area (Å²) in [7, 11) is 0. The second-order valence-corrected chi connectivity index (χ2v) is 11.0. The van der Waals surface area contributed by atoms with Crippen LogP contribution in [0.1, 0.15) is 67.8 Å². The molecule has 292 valence electrons. The van der Waals surface area contributed by atoms with Crippen LogP contribution in [0.4, 0.5) is 0 Å². The number of halogens is 2. The predicted molar refractivity (Wildman–Crippen MR) is 184 cm³/mol. The highest BCUT2D eigenvalue weighted by Crippen LogP contribution is 2.31. The molecule has 2 fully saturated rings. The molecule has 0 bridgehead atoms. The minimum atomic E-state index is -1.18. The molecule has 52 heavy (non-hydrogen) atoms. The Morgan fingerprint density at radius 2 is 1.21 bits per heavy atom. The lowest BCUT2D eigenvalue weighted by molar-refractivity contribution is -0.765. The molecule has 18 nitrogen and oxygen atoms in total. The third kappa shape index (κ3) is 14.2. The number of rotatable bonds is 11. The molecule has 8 atom stereocenters. The van der Waals surface area contributed by atoms with Crippen molar-refractivity contribution in [3.63, 3.8) is 0 Å². The first-order valence-corrected chi connectivity index (χ1v) is 15.7. The van der Waals surface area contributed by atoms with Crippen LogP contribution in [0, 0.1) is 0 Å². The van der Waals surface area contributed by atoms with Crippen LogP contribution in [-0.2, 0) is 38.1 Å². The monoisotopic (exact) mass is 781 g/mol. The molecule has 0 saturated carbocycles. The fraction of sp³-hybridized carbons (Fsp3) is 0.531. The number of carbonyl (C=O) groups is 5. The Bertz CT molecular complexity index is 1470. The van der Waals surface area contributed by atoms with E-state index < -0.39 is 85.4 Å². The number of esters is 3. The van der Waals surface area contributed by atoms with Gasteiger partial charge in [0.1, 0.15) is 36.0 Å². The van der Waals surface area contributed by atoms with Crippen LogP contribution in [0.2, 0.25) is 0 Å². The van der Waals surface area contributed by atoms with Crippen molar-refractivity contribution in [3.8, 4) is 0 Å². The average Bonchev–Trinajstić information content (AvgIpc) is 3.55. The van der Waals surface area contributed by atoms with E-state index in [1.807, 2.05) is 0 Å². The van der Waals surface area contributed by atoms with E-state index >= 15 is 0 Å². The Hall–Kier alpha value is -4.01. The largest absolute Gasteiger partial charge is 0.463 e. The Labute approximate surface area is 313 Å². The van der Waals surface area contributed by atoms with E-state index in [1.54, 1.807) is 24.5 Å². The SMILES string of the molecule is CC(=O)OC[C@H]1O[C@@H]([n+]2cccc(C(N)=O)c2)[C@@H](OC(C)=O)C1OC(C)=O.CCNCC.Cl.Cl.NC(=O)c1ccc[n+]([C@@H]2O[C@H](CO)C(O)[C@@H]2O)c1. The van der Waals surface area contributed by atoms with E-state index in [-0.39, 0.29) is 42.5 Å². The number of amides is 2. The summed E-state index contributed by atoms with van der Waals surface area (Å²) < 4.78 is 29.6. The highest BCUT2D eigenvalue weighted by Gasteiger charge is 2.54. The molecule has 2 amide bonds. The molecule has 0 aliphatic carbocycles. The molecule has 2 saturated heterocycles. The Morgan fingerprint density at radius 1 is 0.750 bits per heavy atom. The molecule has 2 unspecified atom stereocenters. The van der Waals surface area contributed by atoms with Gasteiger partial charge in [-0.25, -0.2) is 0 Å². The second kappa shape index (κ2) is 23.5. The van der Waals surface area contributed by atoms with Crippen molar-refractivity contribution >= 4 is 54.5 Å². The molecular formula is C32H49Cl2N5O13+2. The first-order valence-electron chi connectivity index (χ1n) is 15.7. The van der Waals surface area contributed by atoms with Gasteiger partial charge in [-0.3, -0.25) is 24.0 Å². The number of nitrogens with two attached hydrogens (primary N) is 2. The Kier molecular flexibility index (Phi) is 21.7. The Balaban J connectivity index is 0.000000900. The highest BCUT2D eigenvalue weighted by molar-refractivity contribution is 5.92. The van der Waals surface area contributed by atoms with Gasteiger partial charge >= 0.3 is 24.1 Å². The zero-order chi connectivity index (χ0) is 37.5. The summed E-state index contributed by atoms with van der Waals surface area (Å²) in [5.41, 5.74) is 10.9. The van der Waals surface area contributed by atoms with E-state index in [0.29, 0.717) is 0 Å². The molecular weight excluding hydrogens is 733 g/mol. The lowest BCUT2D eigenvalue weighted by Crippen LogP contribution is -2.48. The maximum absolute atomic E-state index is 11.6. The number of carbonyl (C=O) groups excluding carboxylic acids is 5. The number of primary amides is 2. The fourth-order valence-corrected chi connectivity index (χ4v) is 4.90. The molecule has 4 rings (SSSR count). The van der Waals surface area contributed by atoms with Crippen molar-refractivity contribution in [3.05, 3.63) is 60.2 Å². The summed E-state index contributed by atoms with van der Waals surface area (Å²) >= 11 is 0. The lowest BCUT2D eigenvalue weighted by atomic mass is 10.1. The van der Waals surface area contributed by atoms with Crippen LogP contribution in [0.25, 0.3) is 0 Å². The number of ether oxygens (including phenoxy) is 5. The minimum absolute atomic E-state index is 0. The molecule has 4 heterocycles. The standard InChI is InChI=1S/C17H20N2O8.C11H14N2O5.C4H11N.2ClH/c1-9(20)24-8-13-14(25-10(2)21)15(26-11(3)22)17(27-13)19-6-4-5-12(7-19)16(18)23;12-10(17)6-2-1-3-13(4-6)11-9(16)8(15)7(5-14)18-11;1-3-5-4-2;;/h4-7,13-15,17H,8H2,1-3H3,(H-,18,23);1-4,7-9,11,14-16H,5H2,(H-,12,17);5H,3-4H2,1-2H3;2*1H/p+2/t13-,14?,15+,17-;7-,8?,9+,11-;;;/m11.../s1. The van der Waals surface area contributed by atoms with Crippen molar-refractivity contribution in [2.24, 2.45) is 11.5 Å². The molecule has 8 N–H and O–H groups in total. The molecule has 2 aromatic heterocycles. The molecule has 20 heteroatoms. The van der Waals surface area contributed by atoms with Crippen LogP contribution in [0.15, 0.2) is 49.1 Å². The molecule has 0 aromatic carbocycles. The maximum atomic E-state index is 11.6. The van der Waals surface area contributed by atoms with Crippen molar-refractivity contribution < 1.29 is 72.1 Å². The topological polar surface area (TPSA) is 264 Å². The molecule has 2 aliphatic rings. The van der Waals surface area contributed by atoms with Gasteiger partial charge in [0.05, 0.1) is 6.61 Å². The number of nitrogens with zero attached hydrogens (tertiary/aromatic N) is 2. The molecule has 2 aromatic rings. The van der Waals surface area contributed by atoms with Crippen molar-refractivity contribution in [2.45, 2.75) is 83.7 Å². The van der Waals surface area contributed by atoms with Crippen molar-refractivity contribution in [1.29, 1.82) is 0 Å². The van der Waals surface area contributed by atoms with Gasteiger partial charge in [0.15, 0.2) is 37.0 Å². The highest BCUT2D eigenvalue weighted by atomic mass is 35.5. The van der Waals surface area contributed by atoms with Gasteiger partial charge in [-0.05, 0) is 25.2 Å². The van der Waals surface area contributed by atoms with E-state index in [0.717, 1.165) is 13.1 Å². The predicted octanol–water partition coefficient (Wildman–Crippen LogP) is -1.46. The summed E-state index contributed by atoms with van der Waals surface area (Å²) in [6.45, 7) is 9.40. The quantitative estimate of drug-likeness (QED) is 0.0865. The zero-order valence-electron chi connectivity index (χ0n) is 29.4. The normalized spacial score (nSPS) is 24.2. The molecule has 0 spiro atoms. The average molecular weight is 783 g/mol. The minimum Gasteiger partial charge on any atom is -0.463 e. The summed E-state index contributed by atoms with van der Waals surface area (Å²) in [6, 6.07) is 6.18. The van der Waals surface area contributed by atoms with Crippen LogP contribution in [0.3, 0.4) is 0 Å². The third-order valence-electron chi connectivity index (χ3n) is 7.16.